The first-order valence-corrected chi connectivity index (χ1v) is 7.20. The number of ketones is 1. The van der Waals surface area contributed by atoms with Crippen LogP contribution in [0.15, 0.2) is 54.6 Å². The average Bonchev–Trinajstić information content (AvgIpc) is 2.52. The molecule has 0 amide bonds. The van der Waals surface area contributed by atoms with Crippen molar-refractivity contribution in [2.75, 3.05) is 14.1 Å². The van der Waals surface area contributed by atoms with Gasteiger partial charge in [-0.15, -0.1) is 0 Å². The Morgan fingerprint density at radius 2 is 1.57 bits per heavy atom. The topological polar surface area (TPSA) is 20.3 Å². The number of hydrogen-bond acceptors (Lipinski definition) is 2. The van der Waals surface area contributed by atoms with E-state index in [1.165, 1.54) is 16.2 Å². The van der Waals surface area contributed by atoms with Gasteiger partial charge in [0.15, 0.2) is 5.78 Å². The maximum Gasteiger partial charge on any atom is 0.179 e. The van der Waals surface area contributed by atoms with E-state index in [2.05, 4.69) is 36.4 Å². The Bertz CT molecular complexity index is 820. The van der Waals surface area contributed by atoms with Gasteiger partial charge in [0.2, 0.25) is 0 Å². The molecule has 0 bridgehead atoms. The largest absolute Gasteiger partial charge is 0.300 e. The van der Waals surface area contributed by atoms with Gasteiger partial charge >= 0.3 is 0 Å². The number of nitrogens with zero attached hydrogens (tertiary/aromatic N) is 1. The predicted molar refractivity (Wildman–Crippen MR) is 88.9 cm³/mol. The van der Waals surface area contributed by atoms with Crippen LogP contribution in [0.2, 0.25) is 0 Å². The van der Waals surface area contributed by atoms with E-state index in [4.69, 9.17) is 0 Å². The maximum absolute atomic E-state index is 12.5. The van der Waals surface area contributed by atoms with Gasteiger partial charge in [0.05, 0.1) is 6.04 Å². The number of benzene rings is 3. The second-order valence-electron chi connectivity index (χ2n) is 5.73. The van der Waals surface area contributed by atoms with Gasteiger partial charge in [-0.1, -0.05) is 48.5 Å². The molecule has 3 aromatic rings. The highest BCUT2D eigenvalue weighted by atomic mass is 16.1. The molecule has 0 aromatic heterocycles. The minimum atomic E-state index is -0.108. The van der Waals surface area contributed by atoms with Crippen LogP contribution >= 0.6 is 0 Å². The van der Waals surface area contributed by atoms with E-state index >= 15 is 0 Å². The number of Topliss-reactive ketones (excluding diaryl/α,β-unsaturated/α-hetero) is 1. The van der Waals surface area contributed by atoms with E-state index in [9.17, 15) is 4.79 Å². The summed E-state index contributed by atoms with van der Waals surface area (Å²) >= 11 is 0. The van der Waals surface area contributed by atoms with Gasteiger partial charge in [0.25, 0.3) is 0 Å². The normalized spacial score (nSPS) is 13.0. The molecule has 2 heteroatoms. The molecule has 0 aliphatic heterocycles. The molecule has 1 unspecified atom stereocenters. The third-order valence-electron chi connectivity index (χ3n) is 4.18. The van der Waals surface area contributed by atoms with Gasteiger partial charge in [-0.05, 0) is 48.6 Å². The lowest BCUT2D eigenvalue weighted by Gasteiger charge is -2.18. The first kappa shape index (κ1) is 13.8. The maximum atomic E-state index is 12.5. The number of rotatable bonds is 3. The monoisotopic (exact) mass is 277 g/mol. The van der Waals surface area contributed by atoms with Crippen LogP contribution in [-0.4, -0.2) is 30.8 Å². The van der Waals surface area contributed by atoms with Gasteiger partial charge < -0.3 is 0 Å². The number of carbonyl (C=O) groups excluding carboxylic acids is 1. The fourth-order valence-electron chi connectivity index (χ4n) is 2.64. The van der Waals surface area contributed by atoms with Crippen molar-refractivity contribution >= 4 is 27.3 Å². The molecule has 0 N–H and O–H groups in total. The van der Waals surface area contributed by atoms with Crippen LogP contribution in [0.1, 0.15) is 17.3 Å². The highest BCUT2D eigenvalue weighted by molar-refractivity contribution is 6.10. The summed E-state index contributed by atoms with van der Waals surface area (Å²) in [5.41, 5.74) is 0.777. The van der Waals surface area contributed by atoms with Crippen molar-refractivity contribution < 1.29 is 4.79 Å². The summed E-state index contributed by atoms with van der Waals surface area (Å²) in [6.45, 7) is 1.94. The molecule has 1 atom stereocenters. The molecular formula is C19H19NO. The van der Waals surface area contributed by atoms with Crippen LogP contribution in [0.25, 0.3) is 21.5 Å². The highest BCUT2D eigenvalue weighted by Gasteiger charge is 2.17. The van der Waals surface area contributed by atoms with Crippen LogP contribution < -0.4 is 0 Å². The zero-order chi connectivity index (χ0) is 15.0. The first-order valence-electron chi connectivity index (χ1n) is 7.20. The van der Waals surface area contributed by atoms with Crippen LogP contribution in [-0.2, 0) is 0 Å². The van der Waals surface area contributed by atoms with Gasteiger partial charge in [-0.3, -0.25) is 9.69 Å². The van der Waals surface area contributed by atoms with E-state index in [0.29, 0.717) is 0 Å². The van der Waals surface area contributed by atoms with Crippen molar-refractivity contribution in [1.29, 1.82) is 0 Å². The lowest BCUT2D eigenvalue weighted by Crippen LogP contribution is -2.32. The Kier molecular flexibility index (Phi) is 3.48. The van der Waals surface area contributed by atoms with Gasteiger partial charge in [-0.25, -0.2) is 0 Å². The third-order valence-corrected chi connectivity index (χ3v) is 4.18. The molecule has 0 aliphatic carbocycles. The summed E-state index contributed by atoms with van der Waals surface area (Å²) in [6.07, 6.45) is 0. The van der Waals surface area contributed by atoms with E-state index in [-0.39, 0.29) is 11.8 Å². The number of likely N-dealkylation sites (N-methyl/N-ethyl adjacent to an activating group) is 1. The lowest BCUT2D eigenvalue weighted by molar-refractivity contribution is 0.0891. The van der Waals surface area contributed by atoms with Crippen molar-refractivity contribution in [2.24, 2.45) is 0 Å². The lowest BCUT2D eigenvalue weighted by atomic mass is 9.97. The zero-order valence-electron chi connectivity index (χ0n) is 12.6. The second kappa shape index (κ2) is 5.30. The van der Waals surface area contributed by atoms with Crippen LogP contribution in [0.5, 0.6) is 0 Å². The van der Waals surface area contributed by atoms with Gasteiger partial charge in [-0.2, -0.15) is 0 Å². The molecule has 2 nitrogen and oxygen atoms in total. The number of hydrogen-bond donors (Lipinski definition) is 0. The SMILES string of the molecule is CC(C(=O)c1ccc2c(ccc3ccccc32)c1)N(C)C. The summed E-state index contributed by atoms with van der Waals surface area (Å²) in [7, 11) is 3.86. The summed E-state index contributed by atoms with van der Waals surface area (Å²) in [5.74, 6) is 0.162. The van der Waals surface area contributed by atoms with Crippen molar-refractivity contribution in [1.82, 2.24) is 4.90 Å². The Balaban J connectivity index is 2.13. The summed E-state index contributed by atoms with van der Waals surface area (Å²) in [5, 5.41) is 4.77. The van der Waals surface area contributed by atoms with Crippen LogP contribution in [0, 0.1) is 0 Å². The number of carbonyl (C=O) groups is 1. The minimum absolute atomic E-state index is 0.108. The second-order valence-corrected chi connectivity index (χ2v) is 5.73. The molecule has 0 aliphatic rings. The molecule has 3 aromatic carbocycles. The Morgan fingerprint density at radius 3 is 2.33 bits per heavy atom. The quantitative estimate of drug-likeness (QED) is 0.530. The Morgan fingerprint density at radius 1 is 0.905 bits per heavy atom. The molecule has 0 saturated heterocycles. The Hall–Kier alpha value is -2.19. The average molecular weight is 277 g/mol. The van der Waals surface area contributed by atoms with Crippen molar-refractivity contribution in [3.8, 4) is 0 Å². The van der Waals surface area contributed by atoms with E-state index in [0.717, 1.165) is 10.9 Å². The molecule has 106 valence electrons. The fraction of sp³-hybridized carbons (Fsp3) is 0.211. The summed E-state index contributed by atoms with van der Waals surface area (Å²) in [6, 6.07) is 18.4. The van der Waals surface area contributed by atoms with Gasteiger partial charge in [0.1, 0.15) is 0 Å². The summed E-state index contributed by atoms with van der Waals surface area (Å²) < 4.78 is 0. The molecule has 0 heterocycles. The summed E-state index contributed by atoms with van der Waals surface area (Å²) in [4.78, 5) is 14.4. The van der Waals surface area contributed by atoms with E-state index in [1.54, 1.807) is 0 Å². The van der Waals surface area contributed by atoms with E-state index < -0.39 is 0 Å². The molecule has 3 rings (SSSR count). The van der Waals surface area contributed by atoms with Crippen molar-refractivity contribution in [2.45, 2.75) is 13.0 Å². The van der Waals surface area contributed by atoms with Crippen LogP contribution in [0.4, 0.5) is 0 Å². The molecule has 0 radical (unpaired) electrons. The molecule has 0 fully saturated rings. The Labute approximate surface area is 125 Å². The minimum Gasteiger partial charge on any atom is -0.300 e. The molecule has 0 saturated carbocycles. The smallest absolute Gasteiger partial charge is 0.179 e. The highest BCUT2D eigenvalue weighted by Crippen LogP contribution is 2.26. The number of fused-ring (bicyclic) bond motifs is 3. The molecular weight excluding hydrogens is 258 g/mol. The third kappa shape index (κ3) is 2.43. The van der Waals surface area contributed by atoms with E-state index in [1.807, 2.05) is 44.1 Å². The van der Waals surface area contributed by atoms with Gasteiger partial charge in [0, 0.05) is 5.56 Å². The zero-order valence-corrected chi connectivity index (χ0v) is 12.6. The predicted octanol–water partition coefficient (Wildman–Crippen LogP) is 4.13. The van der Waals surface area contributed by atoms with Crippen molar-refractivity contribution in [3.05, 3.63) is 60.2 Å². The standard InChI is InChI=1S/C19H19NO/c1-13(20(2)3)19(21)16-10-11-18-15(12-16)9-8-14-6-4-5-7-17(14)18/h4-13H,1-3H3. The molecule has 0 spiro atoms. The molecule has 21 heavy (non-hydrogen) atoms. The first-order chi connectivity index (χ1) is 10.1. The van der Waals surface area contributed by atoms with Crippen LogP contribution in [0.3, 0.4) is 0 Å². The fourth-order valence-corrected chi connectivity index (χ4v) is 2.64. The van der Waals surface area contributed by atoms with Crippen molar-refractivity contribution in [3.63, 3.8) is 0 Å².